The van der Waals surface area contributed by atoms with Crippen LogP contribution in [0.25, 0.3) is 0 Å². The van der Waals surface area contributed by atoms with Gasteiger partial charge in [-0.1, -0.05) is 6.42 Å². The minimum atomic E-state index is -0.0627. The highest BCUT2D eigenvalue weighted by molar-refractivity contribution is 5.99. The first-order chi connectivity index (χ1) is 14.7. The van der Waals surface area contributed by atoms with Crippen LogP contribution in [0.3, 0.4) is 0 Å². The van der Waals surface area contributed by atoms with Crippen molar-refractivity contribution >= 4 is 23.3 Å². The van der Waals surface area contributed by atoms with Crippen LogP contribution in [0.4, 0.5) is 11.5 Å². The molecule has 2 amide bonds. The van der Waals surface area contributed by atoms with Crippen molar-refractivity contribution in [2.24, 2.45) is 5.92 Å². The van der Waals surface area contributed by atoms with Crippen LogP contribution in [0.1, 0.15) is 36.5 Å². The minimum absolute atomic E-state index is 0.0627. The second kappa shape index (κ2) is 9.15. The molecule has 1 aliphatic carbocycles. The molecule has 0 radical (unpaired) electrons. The summed E-state index contributed by atoms with van der Waals surface area (Å²) in [5.74, 6) is 1.73. The maximum Gasteiger partial charge on any atom is 0.257 e. The number of piperazine rings is 1. The summed E-state index contributed by atoms with van der Waals surface area (Å²) in [7, 11) is 0. The Hall–Kier alpha value is -3.09. The van der Waals surface area contributed by atoms with Gasteiger partial charge in [0.2, 0.25) is 5.91 Å². The number of aromatic nitrogens is 1. The van der Waals surface area contributed by atoms with Gasteiger partial charge in [-0.3, -0.25) is 9.59 Å². The molecule has 7 nitrogen and oxygen atoms in total. The lowest BCUT2D eigenvalue weighted by Gasteiger charge is -2.38. The molecule has 1 aromatic heterocycles. The third-order valence-electron chi connectivity index (χ3n) is 5.80. The molecule has 0 bridgehead atoms. The van der Waals surface area contributed by atoms with E-state index in [2.05, 4.69) is 10.3 Å². The smallest absolute Gasteiger partial charge is 0.257 e. The zero-order valence-electron chi connectivity index (χ0n) is 17.3. The molecule has 30 heavy (non-hydrogen) atoms. The van der Waals surface area contributed by atoms with Crippen molar-refractivity contribution in [1.29, 1.82) is 0 Å². The Bertz CT molecular complexity index is 888. The fourth-order valence-electron chi connectivity index (χ4n) is 3.83. The fourth-order valence-corrected chi connectivity index (χ4v) is 3.83. The van der Waals surface area contributed by atoms with Gasteiger partial charge in [-0.2, -0.15) is 0 Å². The van der Waals surface area contributed by atoms with E-state index in [0.29, 0.717) is 44.2 Å². The Balaban J connectivity index is 1.40. The molecule has 1 saturated heterocycles. The van der Waals surface area contributed by atoms with Gasteiger partial charge in [0.1, 0.15) is 11.6 Å². The van der Waals surface area contributed by atoms with Crippen molar-refractivity contribution in [2.75, 3.05) is 38.1 Å². The topological polar surface area (TPSA) is 74.8 Å². The van der Waals surface area contributed by atoms with E-state index in [9.17, 15) is 9.59 Å². The molecular weight excluding hydrogens is 380 g/mol. The van der Waals surface area contributed by atoms with E-state index in [4.69, 9.17) is 4.74 Å². The number of benzene rings is 1. The van der Waals surface area contributed by atoms with E-state index in [1.54, 1.807) is 18.3 Å². The summed E-state index contributed by atoms with van der Waals surface area (Å²) >= 11 is 0. The highest BCUT2D eigenvalue weighted by Crippen LogP contribution is 2.29. The number of carbonyl (C=O) groups excluding carboxylic acids is 2. The van der Waals surface area contributed by atoms with E-state index in [1.807, 2.05) is 41.0 Å². The van der Waals surface area contributed by atoms with Crippen LogP contribution in [0.15, 0.2) is 42.6 Å². The van der Waals surface area contributed by atoms with Crippen LogP contribution < -0.4 is 10.1 Å². The number of anilines is 2. The number of amides is 2. The maximum atomic E-state index is 13.2. The third kappa shape index (κ3) is 4.40. The lowest BCUT2D eigenvalue weighted by molar-refractivity contribution is -0.139. The van der Waals surface area contributed by atoms with Gasteiger partial charge in [0.05, 0.1) is 12.2 Å². The summed E-state index contributed by atoms with van der Waals surface area (Å²) in [5, 5.41) is 3.24. The molecule has 2 aromatic rings. The van der Waals surface area contributed by atoms with E-state index in [0.717, 1.165) is 30.7 Å². The Labute approximate surface area is 177 Å². The molecule has 2 fully saturated rings. The minimum Gasteiger partial charge on any atom is -0.494 e. The van der Waals surface area contributed by atoms with Gasteiger partial charge < -0.3 is 19.9 Å². The SMILES string of the molecule is CCOc1ccc(Nc2ncccc2C(=O)N2CCN(C(=O)C3CCC3)CC2)cc1. The molecule has 2 heterocycles. The van der Waals surface area contributed by atoms with Crippen molar-refractivity contribution in [3.05, 3.63) is 48.2 Å². The molecule has 0 atom stereocenters. The number of rotatable bonds is 6. The Morgan fingerprint density at radius 2 is 1.77 bits per heavy atom. The predicted octanol–water partition coefficient (Wildman–Crippen LogP) is 3.31. The van der Waals surface area contributed by atoms with Gasteiger partial charge in [0, 0.05) is 44.0 Å². The molecule has 158 valence electrons. The zero-order chi connectivity index (χ0) is 20.9. The first-order valence-corrected chi connectivity index (χ1v) is 10.7. The van der Waals surface area contributed by atoms with Crippen molar-refractivity contribution in [2.45, 2.75) is 26.2 Å². The lowest BCUT2D eigenvalue weighted by atomic mass is 9.84. The molecule has 2 aliphatic rings. The van der Waals surface area contributed by atoms with Crippen LogP contribution in [0.2, 0.25) is 0 Å². The van der Waals surface area contributed by atoms with Gasteiger partial charge in [0.25, 0.3) is 5.91 Å². The van der Waals surface area contributed by atoms with Crippen LogP contribution >= 0.6 is 0 Å². The third-order valence-corrected chi connectivity index (χ3v) is 5.80. The Morgan fingerprint density at radius 3 is 2.40 bits per heavy atom. The molecule has 1 N–H and O–H groups in total. The molecule has 1 aromatic carbocycles. The number of hydrogen-bond acceptors (Lipinski definition) is 5. The largest absolute Gasteiger partial charge is 0.494 e. The number of hydrogen-bond donors (Lipinski definition) is 1. The van der Waals surface area contributed by atoms with E-state index >= 15 is 0 Å². The second-order valence-corrected chi connectivity index (χ2v) is 7.73. The molecule has 1 saturated carbocycles. The average Bonchev–Trinajstić information content (AvgIpc) is 2.74. The first kappa shape index (κ1) is 20.2. The quantitative estimate of drug-likeness (QED) is 0.794. The van der Waals surface area contributed by atoms with Gasteiger partial charge in [-0.25, -0.2) is 4.98 Å². The summed E-state index contributed by atoms with van der Waals surface area (Å²) in [4.78, 5) is 33.7. The second-order valence-electron chi connectivity index (χ2n) is 7.73. The number of nitrogens with one attached hydrogen (secondary N) is 1. The summed E-state index contributed by atoms with van der Waals surface area (Å²) < 4.78 is 5.47. The monoisotopic (exact) mass is 408 g/mol. The van der Waals surface area contributed by atoms with E-state index in [-0.39, 0.29) is 17.7 Å². The van der Waals surface area contributed by atoms with E-state index < -0.39 is 0 Å². The molecule has 1 aliphatic heterocycles. The number of carbonyl (C=O) groups is 2. The summed E-state index contributed by atoms with van der Waals surface area (Å²) in [6.45, 7) is 4.86. The highest BCUT2D eigenvalue weighted by Gasteiger charge is 2.32. The number of nitrogens with zero attached hydrogens (tertiary/aromatic N) is 3. The van der Waals surface area contributed by atoms with Gasteiger partial charge in [-0.05, 0) is 56.2 Å². The highest BCUT2D eigenvalue weighted by atomic mass is 16.5. The summed E-state index contributed by atoms with van der Waals surface area (Å²) in [6, 6.07) is 11.1. The molecule has 0 unspecified atom stereocenters. The maximum absolute atomic E-state index is 13.2. The summed E-state index contributed by atoms with van der Waals surface area (Å²) in [6.07, 6.45) is 4.84. The van der Waals surface area contributed by atoms with Gasteiger partial charge in [-0.15, -0.1) is 0 Å². The van der Waals surface area contributed by atoms with Crippen LogP contribution in [-0.4, -0.2) is 59.4 Å². The predicted molar refractivity (Wildman–Crippen MR) is 115 cm³/mol. The van der Waals surface area contributed by atoms with Gasteiger partial charge >= 0.3 is 0 Å². The Morgan fingerprint density at radius 1 is 1.07 bits per heavy atom. The van der Waals surface area contributed by atoms with Crippen molar-refractivity contribution in [3.8, 4) is 5.75 Å². The first-order valence-electron chi connectivity index (χ1n) is 10.7. The molecular formula is C23H28N4O3. The van der Waals surface area contributed by atoms with Crippen molar-refractivity contribution < 1.29 is 14.3 Å². The van der Waals surface area contributed by atoms with Crippen LogP contribution in [0, 0.1) is 5.92 Å². The average molecular weight is 409 g/mol. The molecule has 7 heteroatoms. The Kier molecular flexibility index (Phi) is 6.16. The number of pyridine rings is 1. The van der Waals surface area contributed by atoms with Crippen molar-refractivity contribution in [1.82, 2.24) is 14.8 Å². The van der Waals surface area contributed by atoms with E-state index in [1.165, 1.54) is 0 Å². The normalized spacial score (nSPS) is 16.7. The fraction of sp³-hybridized carbons (Fsp3) is 0.435. The number of ether oxygens (including phenoxy) is 1. The van der Waals surface area contributed by atoms with Gasteiger partial charge in [0.15, 0.2) is 0 Å². The van der Waals surface area contributed by atoms with Crippen LogP contribution in [0.5, 0.6) is 5.75 Å². The van der Waals surface area contributed by atoms with Crippen LogP contribution in [-0.2, 0) is 4.79 Å². The lowest BCUT2D eigenvalue weighted by Crippen LogP contribution is -2.52. The summed E-state index contributed by atoms with van der Waals surface area (Å²) in [5.41, 5.74) is 1.37. The molecule has 4 rings (SSSR count). The van der Waals surface area contributed by atoms with Crippen molar-refractivity contribution in [3.63, 3.8) is 0 Å². The molecule has 0 spiro atoms. The standard InChI is InChI=1S/C23H28N4O3/c1-2-30-19-10-8-18(9-11-19)25-21-20(7-4-12-24-21)23(29)27-15-13-26(14-16-27)22(28)17-5-3-6-17/h4,7-12,17H,2-3,5-6,13-16H2,1H3,(H,24,25). The zero-order valence-corrected chi connectivity index (χ0v) is 17.3.